The van der Waals surface area contributed by atoms with E-state index in [2.05, 4.69) is 24.3 Å². The quantitative estimate of drug-likeness (QED) is 0.889. The maximum atomic E-state index is 5.99. The highest BCUT2D eigenvalue weighted by Gasteiger charge is 2.39. The van der Waals surface area contributed by atoms with Gasteiger partial charge in [0.1, 0.15) is 12.4 Å². The van der Waals surface area contributed by atoms with Crippen molar-refractivity contribution in [3.63, 3.8) is 0 Å². The first-order valence-corrected chi connectivity index (χ1v) is 6.32. The van der Waals surface area contributed by atoms with E-state index in [1.54, 1.807) is 0 Å². The minimum Gasteiger partial charge on any atom is -0.492 e. The Morgan fingerprint density at radius 1 is 0.889 bits per heavy atom. The van der Waals surface area contributed by atoms with E-state index in [9.17, 15) is 0 Å². The van der Waals surface area contributed by atoms with Crippen LogP contribution in [0.25, 0.3) is 11.1 Å². The average molecular weight is 239 g/mol. The minimum absolute atomic E-state index is 0.0574. The molecule has 0 radical (unpaired) electrons. The molecule has 92 valence electrons. The predicted octanol–water partition coefficient (Wildman–Crippen LogP) is 3.22. The van der Waals surface area contributed by atoms with Crippen LogP contribution in [0.5, 0.6) is 5.75 Å². The van der Waals surface area contributed by atoms with Crippen molar-refractivity contribution in [1.82, 2.24) is 0 Å². The van der Waals surface area contributed by atoms with Crippen molar-refractivity contribution in [3.05, 3.63) is 54.6 Å². The molecule has 1 fully saturated rings. The topological polar surface area (TPSA) is 35.2 Å². The number of hydrogen-bond donors (Lipinski definition) is 1. The second-order valence-electron chi connectivity index (χ2n) is 5.04. The van der Waals surface area contributed by atoms with Crippen LogP contribution in [-0.4, -0.2) is 12.1 Å². The van der Waals surface area contributed by atoms with Gasteiger partial charge in [0.15, 0.2) is 0 Å². The molecule has 0 unspecified atom stereocenters. The summed E-state index contributed by atoms with van der Waals surface area (Å²) in [5.41, 5.74) is 8.36. The molecule has 1 aliphatic carbocycles. The third kappa shape index (κ3) is 2.54. The lowest BCUT2D eigenvalue weighted by Crippen LogP contribution is -2.29. The monoisotopic (exact) mass is 239 g/mol. The van der Waals surface area contributed by atoms with Crippen LogP contribution in [0.15, 0.2) is 54.6 Å². The summed E-state index contributed by atoms with van der Waals surface area (Å²) in [4.78, 5) is 0. The molecule has 0 bridgehead atoms. The summed E-state index contributed by atoms with van der Waals surface area (Å²) in [6.07, 6.45) is 2.16. The Labute approximate surface area is 107 Å². The lowest BCUT2D eigenvalue weighted by atomic mass is 10.1. The predicted molar refractivity (Wildman–Crippen MR) is 73.5 cm³/mol. The maximum Gasteiger partial charge on any atom is 0.119 e. The number of benzene rings is 2. The summed E-state index contributed by atoms with van der Waals surface area (Å²) in [5, 5.41) is 0. The second kappa shape index (κ2) is 4.46. The van der Waals surface area contributed by atoms with Gasteiger partial charge in [-0.1, -0.05) is 42.5 Å². The van der Waals surface area contributed by atoms with Crippen molar-refractivity contribution in [1.29, 1.82) is 0 Å². The molecule has 0 aliphatic heterocycles. The molecule has 0 spiro atoms. The molecule has 0 saturated heterocycles. The molecule has 2 aromatic carbocycles. The zero-order valence-corrected chi connectivity index (χ0v) is 10.3. The number of ether oxygens (including phenoxy) is 1. The Hall–Kier alpha value is -1.80. The summed E-state index contributed by atoms with van der Waals surface area (Å²) in [6.45, 7) is 0.623. The van der Waals surface area contributed by atoms with Crippen molar-refractivity contribution in [3.8, 4) is 16.9 Å². The number of nitrogens with two attached hydrogens (primary N) is 1. The fourth-order valence-corrected chi connectivity index (χ4v) is 1.91. The van der Waals surface area contributed by atoms with Gasteiger partial charge in [0, 0.05) is 0 Å². The van der Waals surface area contributed by atoms with Crippen molar-refractivity contribution >= 4 is 0 Å². The van der Waals surface area contributed by atoms with Crippen LogP contribution in [-0.2, 0) is 0 Å². The van der Waals surface area contributed by atoms with Gasteiger partial charge in [0.25, 0.3) is 0 Å². The lowest BCUT2D eigenvalue weighted by Gasteiger charge is -2.11. The average Bonchev–Trinajstić information content (AvgIpc) is 3.17. The van der Waals surface area contributed by atoms with Crippen LogP contribution in [0.3, 0.4) is 0 Å². The molecule has 2 N–H and O–H groups in total. The third-order valence-corrected chi connectivity index (χ3v) is 3.38. The molecule has 2 aromatic rings. The Bertz CT molecular complexity index is 515. The largest absolute Gasteiger partial charge is 0.492 e. The highest BCUT2D eigenvalue weighted by molar-refractivity contribution is 5.63. The van der Waals surface area contributed by atoms with E-state index >= 15 is 0 Å². The highest BCUT2D eigenvalue weighted by Crippen LogP contribution is 2.32. The SMILES string of the molecule is NC1(COc2ccc(-c3ccccc3)cc2)CC1. The Morgan fingerprint density at radius 2 is 1.50 bits per heavy atom. The zero-order valence-electron chi connectivity index (χ0n) is 10.3. The van der Waals surface area contributed by atoms with Crippen molar-refractivity contribution in [2.75, 3.05) is 6.61 Å². The van der Waals surface area contributed by atoms with E-state index in [1.807, 2.05) is 30.3 Å². The summed E-state index contributed by atoms with van der Waals surface area (Å²) in [5.74, 6) is 0.895. The number of hydrogen-bond acceptors (Lipinski definition) is 2. The molecule has 1 aliphatic rings. The zero-order chi connectivity index (χ0) is 12.4. The van der Waals surface area contributed by atoms with E-state index in [0.717, 1.165) is 18.6 Å². The molecule has 0 heterocycles. The van der Waals surface area contributed by atoms with Gasteiger partial charge in [-0.05, 0) is 36.1 Å². The van der Waals surface area contributed by atoms with Gasteiger partial charge in [-0.3, -0.25) is 0 Å². The highest BCUT2D eigenvalue weighted by atomic mass is 16.5. The maximum absolute atomic E-state index is 5.99. The Kier molecular flexibility index (Phi) is 2.80. The van der Waals surface area contributed by atoms with Gasteiger partial charge in [-0.25, -0.2) is 0 Å². The van der Waals surface area contributed by atoms with Crippen LogP contribution in [0.1, 0.15) is 12.8 Å². The first kappa shape index (κ1) is 11.3. The van der Waals surface area contributed by atoms with Gasteiger partial charge in [-0.15, -0.1) is 0 Å². The van der Waals surface area contributed by atoms with Crippen molar-refractivity contribution < 1.29 is 4.74 Å². The van der Waals surface area contributed by atoms with Crippen molar-refractivity contribution in [2.24, 2.45) is 5.73 Å². The molecule has 2 nitrogen and oxygen atoms in total. The minimum atomic E-state index is -0.0574. The third-order valence-electron chi connectivity index (χ3n) is 3.38. The molecule has 18 heavy (non-hydrogen) atoms. The van der Waals surface area contributed by atoms with Gasteiger partial charge >= 0.3 is 0 Å². The van der Waals surface area contributed by atoms with Gasteiger partial charge < -0.3 is 10.5 Å². The summed E-state index contributed by atoms with van der Waals surface area (Å²) in [6, 6.07) is 18.5. The second-order valence-corrected chi connectivity index (χ2v) is 5.04. The summed E-state index contributed by atoms with van der Waals surface area (Å²) in [7, 11) is 0. The van der Waals surface area contributed by atoms with Gasteiger partial charge in [-0.2, -0.15) is 0 Å². The van der Waals surface area contributed by atoms with Gasteiger partial charge in [0.05, 0.1) is 5.54 Å². The standard InChI is InChI=1S/C16H17NO/c17-16(10-11-16)12-18-15-8-6-14(7-9-15)13-4-2-1-3-5-13/h1-9H,10-12,17H2. The van der Waals surface area contributed by atoms with E-state index < -0.39 is 0 Å². The summed E-state index contributed by atoms with van der Waals surface area (Å²) >= 11 is 0. The van der Waals surface area contributed by atoms with Crippen LogP contribution >= 0.6 is 0 Å². The Morgan fingerprint density at radius 3 is 2.11 bits per heavy atom. The van der Waals surface area contributed by atoms with Crippen LogP contribution in [0.2, 0.25) is 0 Å². The first-order valence-electron chi connectivity index (χ1n) is 6.32. The molecule has 3 rings (SSSR count). The first-order chi connectivity index (χ1) is 8.75. The normalized spacial score (nSPS) is 16.3. The fraction of sp³-hybridized carbons (Fsp3) is 0.250. The van der Waals surface area contributed by atoms with E-state index in [-0.39, 0.29) is 5.54 Å². The molecule has 1 saturated carbocycles. The van der Waals surface area contributed by atoms with Crippen LogP contribution in [0.4, 0.5) is 0 Å². The summed E-state index contributed by atoms with van der Waals surface area (Å²) < 4.78 is 5.70. The van der Waals surface area contributed by atoms with E-state index in [0.29, 0.717) is 6.61 Å². The Balaban J connectivity index is 1.69. The van der Waals surface area contributed by atoms with E-state index in [4.69, 9.17) is 10.5 Å². The lowest BCUT2D eigenvalue weighted by molar-refractivity contribution is 0.279. The molecular weight excluding hydrogens is 222 g/mol. The van der Waals surface area contributed by atoms with Crippen molar-refractivity contribution in [2.45, 2.75) is 18.4 Å². The smallest absolute Gasteiger partial charge is 0.119 e. The molecular formula is C16H17NO. The fourth-order valence-electron chi connectivity index (χ4n) is 1.91. The van der Waals surface area contributed by atoms with Crippen LogP contribution in [0, 0.1) is 0 Å². The van der Waals surface area contributed by atoms with Gasteiger partial charge in [0.2, 0.25) is 0 Å². The molecule has 0 amide bonds. The van der Waals surface area contributed by atoms with Crippen LogP contribution < -0.4 is 10.5 Å². The molecule has 0 aromatic heterocycles. The van der Waals surface area contributed by atoms with E-state index in [1.165, 1.54) is 11.1 Å². The molecule has 2 heteroatoms. The molecule has 0 atom stereocenters. The number of rotatable bonds is 4.